The molecule has 0 heterocycles. The zero-order valence-corrected chi connectivity index (χ0v) is 11.9. The first kappa shape index (κ1) is 12.0. The highest BCUT2D eigenvalue weighted by atomic mass is 14.5. The van der Waals surface area contributed by atoms with Crippen LogP contribution >= 0.6 is 0 Å². The van der Waals surface area contributed by atoms with Crippen molar-refractivity contribution in [2.45, 2.75) is 19.8 Å². The van der Waals surface area contributed by atoms with Gasteiger partial charge in [0.15, 0.2) is 0 Å². The van der Waals surface area contributed by atoms with Crippen LogP contribution in [0.15, 0.2) is 71.9 Å². The molecule has 3 aliphatic carbocycles. The summed E-state index contributed by atoms with van der Waals surface area (Å²) >= 11 is 0. The molecule has 0 nitrogen and oxygen atoms in total. The largest absolute Gasteiger partial charge is 0.0834 e. The van der Waals surface area contributed by atoms with E-state index in [0.29, 0.717) is 5.92 Å². The number of hydrogen-bond acceptors (Lipinski definition) is 0. The predicted molar refractivity (Wildman–Crippen MR) is 85.1 cm³/mol. The van der Waals surface area contributed by atoms with Gasteiger partial charge in [-0.25, -0.2) is 0 Å². The Morgan fingerprint density at radius 1 is 1.05 bits per heavy atom. The minimum atomic E-state index is 0.610. The Labute approximate surface area is 121 Å². The van der Waals surface area contributed by atoms with Crippen LogP contribution in [-0.2, 0) is 0 Å². The van der Waals surface area contributed by atoms with Crippen LogP contribution in [0.4, 0.5) is 0 Å². The molecule has 1 saturated carbocycles. The van der Waals surface area contributed by atoms with E-state index in [0.717, 1.165) is 18.3 Å². The lowest BCUT2D eigenvalue weighted by Gasteiger charge is -2.21. The zero-order chi connectivity index (χ0) is 13.5. The number of hydrogen-bond donors (Lipinski definition) is 0. The van der Waals surface area contributed by atoms with Crippen LogP contribution in [0.1, 0.15) is 25.3 Å². The predicted octanol–water partition coefficient (Wildman–Crippen LogP) is 5.17. The fourth-order valence-corrected chi connectivity index (χ4v) is 3.51. The lowest BCUT2D eigenvalue weighted by molar-refractivity contribution is 0.741. The highest BCUT2D eigenvalue weighted by molar-refractivity contribution is 5.83. The first-order chi connectivity index (χ1) is 9.83. The molecule has 0 saturated heterocycles. The van der Waals surface area contributed by atoms with Crippen LogP contribution in [0.25, 0.3) is 5.57 Å². The van der Waals surface area contributed by atoms with Crippen molar-refractivity contribution in [3.05, 3.63) is 77.4 Å². The third-order valence-electron chi connectivity index (χ3n) is 4.68. The standard InChI is InChI=1S/C20H20/c1-14-6-5-9-16-10-11-17-13-19(17)20(16)18(12-14)15-7-3-2-4-8-15/h2-5,7-12,14,17,19H,6,13H2,1H3/b9-5+,18-12-. The van der Waals surface area contributed by atoms with E-state index in [9.17, 15) is 0 Å². The van der Waals surface area contributed by atoms with Crippen molar-refractivity contribution in [1.82, 2.24) is 0 Å². The molecule has 0 aliphatic heterocycles. The fraction of sp³-hybridized carbons (Fsp3) is 0.300. The number of fused-ring (bicyclic) bond motifs is 2. The van der Waals surface area contributed by atoms with Crippen molar-refractivity contribution in [3.63, 3.8) is 0 Å². The second-order valence-corrected chi connectivity index (χ2v) is 6.30. The molecule has 0 N–H and O–H groups in total. The van der Waals surface area contributed by atoms with Gasteiger partial charge in [-0.05, 0) is 52.9 Å². The average Bonchev–Trinajstić information content (AvgIpc) is 3.23. The summed E-state index contributed by atoms with van der Waals surface area (Å²) < 4.78 is 0. The van der Waals surface area contributed by atoms with Crippen LogP contribution in [0, 0.1) is 17.8 Å². The summed E-state index contributed by atoms with van der Waals surface area (Å²) in [5.41, 5.74) is 5.88. The maximum atomic E-state index is 2.49. The number of rotatable bonds is 1. The van der Waals surface area contributed by atoms with E-state index in [4.69, 9.17) is 0 Å². The first-order valence-corrected chi connectivity index (χ1v) is 7.69. The zero-order valence-electron chi connectivity index (χ0n) is 11.9. The molecule has 0 spiro atoms. The maximum absolute atomic E-state index is 2.49. The smallest absolute Gasteiger partial charge is 0.00809 e. The van der Waals surface area contributed by atoms with Crippen molar-refractivity contribution < 1.29 is 0 Å². The summed E-state index contributed by atoms with van der Waals surface area (Å²) in [4.78, 5) is 0. The van der Waals surface area contributed by atoms with E-state index in [2.05, 4.69) is 67.6 Å². The highest BCUT2D eigenvalue weighted by Crippen LogP contribution is 2.54. The van der Waals surface area contributed by atoms with Crippen molar-refractivity contribution in [1.29, 1.82) is 0 Å². The molecular formula is C20H20. The Balaban J connectivity index is 1.90. The van der Waals surface area contributed by atoms with Gasteiger partial charge in [-0.2, -0.15) is 0 Å². The van der Waals surface area contributed by atoms with Gasteiger partial charge in [0.05, 0.1) is 0 Å². The SMILES string of the molecule is CC1/C=C(/c2ccccc2)C2=C(C=CC3CC23)/C=C/C1. The van der Waals surface area contributed by atoms with Crippen LogP contribution in [0.5, 0.6) is 0 Å². The van der Waals surface area contributed by atoms with Gasteiger partial charge >= 0.3 is 0 Å². The minimum absolute atomic E-state index is 0.610. The van der Waals surface area contributed by atoms with E-state index in [1.54, 1.807) is 5.57 Å². The van der Waals surface area contributed by atoms with E-state index in [1.807, 2.05) is 0 Å². The summed E-state index contributed by atoms with van der Waals surface area (Å²) in [6.07, 6.45) is 14.4. The topological polar surface area (TPSA) is 0 Å². The maximum Gasteiger partial charge on any atom is -0.00809 e. The third-order valence-corrected chi connectivity index (χ3v) is 4.68. The highest BCUT2D eigenvalue weighted by Gasteiger charge is 2.42. The summed E-state index contributed by atoms with van der Waals surface area (Å²) in [7, 11) is 0. The second-order valence-electron chi connectivity index (χ2n) is 6.30. The molecule has 1 fully saturated rings. The summed E-state index contributed by atoms with van der Waals surface area (Å²) in [6, 6.07) is 10.9. The lowest BCUT2D eigenvalue weighted by Crippen LogP contribution is -2.04. The molecule has 3 aliphatic rings. The van der Waals surface area contributed by atoms with Gasteiger partial charge in [0, 0.05) is 0 Å². The monoisotopic (exact) mass is 260 g/mol. The molecule has 3 atom stereocenters. The van der Waals surface area contributed by atoms with Crippen molar-refractivity contribution in [2.75, 3.05) is 0 Å². The number of benzene rings is 1. The molecule has 0 heteroatoms. The lowest BCUT2D eigenvalue weighted by atomic mass is 9.83. The summed E-state index contributed by atoms with van der Waals surface area (Å²) in [5, 5.41) is 0. The van der Waals surface area contributed by atoms with Crippen molar-refractivity contribution in [2.24, 2.45) is 17.8 Å². The van der Waals surface area contributed by atoms with Gasteiger partial charge in [0.2, 0.25) is 0 Å². The van der Waals surface area contributed by atoms with E-state index in [-0.39, 0.29) is 0 Å². The second kappa shape index (κ2) is 4.63. The molecule has 4 rings (SSSR count). The quantitative estimate of drug-likeness (QED) is 0.653. The Kier molecular flexibility index (Phi) is 2.77. The van der Waals surface area contributed by atoms with Gasteiger partial charge in [-0.1, -0.05) is 67.6 Å². The van der Waals surface area contributed by atoms with Crippen molar-refractivity contribution in [3.8, 4) is 0 Å². The Morgan fingerprint density at radius 2 is 1.90 bits per heavy atom. The van der Waals surface area contributed by atoms with Gasteiger partial charge in [-0.3, -0.25) is 0 Å². The molecule has 0 radical (unpaired) electrons. The van der Waals surface area contributed by atoms with Gasteiger partial charge in [0.25, 0.3) is 0 Å². The van der Waals surface area contributed by atoms with Crippen LogP contribution in [0.3, 0.4) is 0 Å². The normalized spacial score (nSPS) is 35.2. The van der Waals surface area contributed by atoms with Crippen molar-refractivity contribution >= 4 is 5.57 Å². The molecule has 20 heavy (non-hydrogen) atoms. The summed E-state index contributed by atoms with van der Waals surface area (Å²) in [5.74, 6) is 2.17. The van der Waals surface area contributed by atoms with E-state index in [1.165, 1.54) is 23.1 Å². The Morgan fingerprint density at radius 3 is 2.75 bits per heavy atom. The molecule has 0 amide bonds. The molecular weight excluding hydrogens is 240 g/mol. The first-order valence-electron chi connectivity index (χ1n) is 7.69. The molecule has 3 unspecified atom stereocenters. The van der Waals surface area contributed by atoms with Gasteiger partial charge in [-0.15, -0.1) is 0 Å². The van der Waals surface area contributed by atoms with Gasteiger partial charge in [0.1, 0.15) is 0 Å². The summed E-state index contributed by atoms with van der Waals surface area (Å²) in [6.45, 7) is 2.32. The average molecular weight is 260 g/mol. The van der Waals surface area contributed by atoms with Crippen LogP contribution < -0.4 is 0 Å². The Bertz CT molecular complexity index is 640. The molecule has 1 aromatic carbocycles. The Hall–Kier alpha value is -1.82. The third kappa shape index (κ3) is 2.00. The fourth-order valence-electron chi connectivity index (χ4n) is 3.51. The minimum Gasteiger partial charge on any atom is -0.0834 e. The van der Waals surface area contributed by atoms with Crippen LogP contribution in [0.2, 0.25) is 0 Å². The van der Waals surface area contributed by atoms with Gasteiger partial charge < -0.3 is 0 Å². The molecule has 0 bridgehead atoms. The number of allylic oxidation sites excluding steroid dienone is 8. The van der Waals surface area contributed by atoms with E-state index >= 15 is 0 Å². The molecule has 1 aromatic rings. The van der Waals surface area contributed by atoms with E-state index < -0.39 is 0 Å². The molecule has 0 aromatic heterocycles. The van der Waals surface area contributed by atoms with Crippen LogP contribution in [-0.4, -0.2) is 0 Å². The molecule has 100 valence electrons.